The number of carbonyl (C=O) groups is 10. The van der Waals surface area contributed by atoms with Gasteiger partial charge < -0.3 is 57.2 Å². The minimum absolute atomic E-state index is 0.0487. The van der Waals surface area contributed by atoms with Crippen molar-refractivity contribution in [2.75, 3.05) is 76.7 Å². The summed E-state index contributed by atoms with van der Waals surface area (Å²) in [5.41, 5.74) is 14.8. The zero-order valence-electron chi connectivity index (χ0n) is 46.6. The third-order valence-corrected chi connectivity index (χ3v) is 15.9. The quantitative estimate of drug-likeness (QED) is 0.0150. The Morgan fingerprint density at radius 1 is 0.735 bits per heavy atom. The summed E-state index contributed by atoms with van der Waals surface area (Å²) in [6, 6.07) is 21.0. The molecule has 0 saturated carbocycles. The molecule has 440 valence electrons. The van der Waals surface area contributed by atoms with Gasteiger partial charge >= 0.3 is 18.2 Å². The van der Waals surface area contributed by atoms with Crippen molar-refractivity contribution < 1.29 is 52.7 Å². The van der Waals surface area contributed by atoms with Gasteiger partial charge in [0.25, 0.3) is 5.91 Å². The first-order valence-corrected chi connectivity index (χ1v) is 28.8. The van der Waals surface area contributed by atoms with Crippen LogP contribution in [0.25, 0.3) is 21.7 Å². The van der Waals surface area contributed by atoms with E-state index in [9.17, 15) is 47.9 Å². The number of imide groups is 1. The first-order chi connectivity index (χ1) is 40.0. The minimum atomic E-state index is -0.955. The van der Waals surface area contributed by atoms with Crippen LogP contribution in [0.3, 0.4) is 0 Å². The van der Waals surface area contributed by atoms with Gasteiger partial charge in [-0.05, 0) is 92.3 Å². The number of rotatable bonds is 27. The zero-order chi connectivity index (χ0) is 59.2. The fraction of sp³-hybridized carbons (Fsp3) is 0.433. The SMILES string of the molecule is CN1CCN(C(=O)Oc2cc3c(c4ccccc24)[C@H](CCl)CN3C(=O)c2cc3cc(CC(=O)c4ccc(CC(=O)[C@H](CCCNC(N)=O)NC(=O)[C@H](CCCNC(N)=O)CCCNC(=O)CCCN5C(=O)CCC5=O)cc4)ccc3[nH]2)CC1. The molecule has 0 aliphatic carbocycles. The molecule has 23 heteroatoms. The van der Waals surface area contributed by atoms with Crippen LogP contribution in [0.2, 0.25) is 0 Å². The molecule has 3 atom stereocenters. The van der Waals surface area contributed by atoms with Gasteiger partial charge in [0.2, 0.25) is 23.6 Å². The number of aromatic amines is 1. The molecule has 3 aliphatic heterocycles. The Kier molecular flexibility index (Phi) is 20.9. The number of hydrogen-bond acceptors (Lipinski definition) is 12. The number of Topliss-reactive ketones (excluding diaryl/α,β-unsaturated/α-hetero) is 2. The summed E-state index contributed by atoms with van der Waals surface area (Å²) >= 11 is 6.57. The molecule has 0 spiro atoms. The highest BCUT2D eigenvalue weighted by Gasteiger charge is 2.37. The maximum atomic E-state index is 14.5. The summed E-state index contributed by atoms with van der Waals surface area (Å²) in [5, 5.41) is 13.1. The summed E-state index contributed by atoms with van der Waals surface area (Å²) in [6.45, 7) is 3.68. The van der Waals surface area contributed by atoms with E-state index < -0.39 is 36.0 Å². The van der Waals surface area contributed by atoms with Crippen LogP contribution < -0.4 is 42.4 Å². The normalized spacial score (nSPS) is 15.9. The zero-order valence-corrected chi connectivity index (χ0v) is 47.4. The van der Waals surface area contributed by atoms with Gasteiger partial charge in [-0.2, -0.15) is 0 Å². The monoisotopic (exact) mass is 1160 g/mol. The van der Waals surface area contributed by atoms with Gasteiger partial charge in [-0.25, -0.2) is 14.4 Å². The minimum Gasteiger partial charge on any atom is -0.409 e. The van der Waals surface area contributed by atoms with E-state index >= 15 is 0 Å². The van der Waals surface area contributed by atoms with E-state index in [2.05, 4.69) is 31.2 Å². The van der Waals surface area contributed by atoms with Gasteiger partial charge in [-0.3, -0.25) is 38.5 Å². The van der Waals surface area contributed by atoms with Crippen molar-refractivity contribution >= 4 is 98.2 Å². The number of nitrogens with two attached hydrogens (primary N) is 2. The van der Waals surface area contributed by atoms with Crippen LogP contribution >= 0.6 is 11.6 Å². The van der Waals surface area contributed by atoms with E-state index in [-0.39, 0.29) is 112 Å². The summed E-state index contributed by atoms with van der Waals surface area (Å²) in [4.78, 5) is 139. The lowest BCUT2D eigenvalue weighted by molar-refractivity contribution is -0.139. The fourth-order valence-electron chi connectivity index (χ4n) is 11.0. The molecule has 4 aromatic carbocycles. The Bertz CT molecular complexity index is 3230. The molecular formula is C60H72ClN11O11. The number of benzene rings is 4. The maximum Gasteiger partial charge on any atom is 0.415 e. The van der Waals surface area contributed by atoms with Gasteiger partial charge in [0.15, 0.2) is 11.6 Å². The lowest BCUT2D eigenvalue weighted by Crippen LogP contribution is -2.48. The lowest BCUT2D eigenvalue weighted by Gasteiger charge is -2.31. The number of halogens is 1. The highest BCUT2D eigenvalue weighted by atomic mass is 35.5. The van der Waals surface area contributed by atoms with Crippen molar-refractivity contribution in [2.24, 2.45) is 17.4 Å². The predicted octanol–water partition coefficient (Wildman–Crippen LogP) is 5.41. The predicted molar refractivity (Wildman–Crippen MR) is 312 cm³/mol. The Labute approximate surface area is 485 Å². The Morgan fingerprint density at radius 2 is 1.37 bits per heavy atom. The van der Waals surface area contributed by atoms with E-state index in [0.717, 1.165) is 34.8 Å². The third-order valence-electron chi connectivity index (χ3n) is 15.5. The van der Waals surface area contributed by atoms with E-state index in [0.29, 0.717) is 97.5 Å². The lowest BCUT2D eigenvalue weighted by atomic mass is 9.94. The topological polar surface area (TPSA) is 309 Å². The van der Waals surface area contributed by atoms with E-state index in [4.69, 9.17) is 27.8 Å². The van der Waals surface area contributed by atoms with E-state index in [1.165, 1.54) is 4.90 Å². The number of likely N-dealkylation sites (tertiary alicyclic amines) is 1. The number of nitrogens with one attached hydrogen (secondary N) is 5. The number of ketones is 2. The standard InChI is InChI=1S/C60H72ClN11O11/c1-69-26-28-70(29-27-69)60(82)83-51-34-48-55(44-11-3-2-10-43(44)51)42(35-61)36-72(48)57(79)47-33-41-30-38(16-19-45(41)67-47)32-49(73)39-17-14-37(15-18-39)31-50(74)46(12-6-24-66-59(63)81)68-56(78)40(9-5-23-65-58(62)80)8-4-22-64-52(75)13-7-25-71-53(76)20-21-54(71)77/h2-3,10-11,14-19,30,33-34,40,42,46,67H,4-9,12-13,20-29,31-32,35-36H2,1H3,(H,64,75)(H,68,78)(H3,62,65,80)(H3,63,66,81)/t40-,42+,46-/m0/s1. The van der Waals surface area contributed by atoms with Crippen LogP contribution in [0, 0.1) is 5.92 Å². The molecule has 0 bridgehead atoms. The van der Waals surface area contributed by atoms with Gasteiger partial charge in [-0.1, -0.05) is 54.6 Å². The van der Waals surface area contributed by atoms with Gasteiger partial charge in [0.05, 0.1) is 11.7 Å². The average Bonchev–Trinajstić information content (AvgIpc) is 3.12. The number of likely N-dealkylation sites (N-methyl/N-ethyl adjacent to an activating group) is 1. The summed E-state index contributed by atoms with van der Waals surface area (Å²) < 4.78 is 6.07. The molecule has 5 aromatic rings. The van der Waals surface area contributed by atoms with Crippen molar-refractivity contribution in [3.63, 3.8) is 0 Å². The van der Waals surface area contributed by atoms with Crippen LogP contribution in [0.4, 0.5) is 20.1 Å². The molecule has 1 aromatic heterocycles. The number of anilines is 1. The summed E-state index contributed by atoms with van der Waals surface area (Å²) in [6.07, 6.45) is 2.30. The van der Waals surface area contributed by atoms with Gasteiger partial charge in [0, 0.05) is 137 Å². The van der Waals surface area contributed by atoms with Crippen molar-refractivity contribution in [1.82, 2.24) is 41.0 Å². The first kappa shape index (κ1) is 60.7. The van der Waals surface area contributed by atoms with Crippen LogP contribution in [0.1, 0.15) is 108 Å². The van der Waals surface area contributed by atoms with Gasteiger partial charge in [-0.15, -0.1) is 11.6 Å². The second-order valence-electron chi connectivity index (χ2n) is 21.5. The molecule has 4 heterocycles. The van der Waals surface area contributed by atoms with E-state index in [1.807, 2.05) is 49.5 Å². The number of amides is 10. The van der Waals surface area contributed by atoms with Crippen LogP contribution in [0.5, 0.6) is 5.75 Å². The summed E-state index contributed by atoms with van der Waals surface area (Å²) in [5.74, 6) is -2.08. The highest BCUT2D eigenvalue weighted by Crippen LogP contribution is 2.46. The van der Waals surface area contributed by atoms with Crippen molar-refractivity contribution in [1.29, 1.82) is 0 Å². The second-order valence-corrected chi connectivity index (χ2v) is 21.8. The summed E-state index contributed by atoms with van der Waals surface area (Å²) in [7, 11) is 2.01. The van der Waals surface area contributed by atoms with E-state index in [1.54, 1.807) is 46.2 Å². The molecule has 22 nitrogen and oxygen atoms in total. The fourth-order valence-corrected chi connectivity index (χ4v) is 11.2. The number of H-pyrrole nitrogens is 1. The highest BCUT2D eigenvalue weighted by molar-refractivity contribution is 6.19. The number of fused-ring (bicyclic) bond motifs is 4. The molecule has 2 saturated heterocycles. The third kappa shape index (κ3) is 16.0. The van der Waals surface area contributed by atoms with Crippen LogP contribution in [-0.4, -0.2) is 157 Å². The average molecular weight is 1160 g/mol. The largest absolute Gasteiger partial charge is 0.415 e. The molecule has 0 unspecified atom stereocenters. The molecule has 8 rings (SSSR count). The number of urea groups is 2. The molecule has 10 amide bonds. The number of primary amides is 2. The second kappa shape index (κ2) is 28.6. The number of aromatic nitrogens is 1. The van der Waals surface area contributed by atoms with Crippen LogP contribution in [-0.2, 0) is 36.8 Å². The maximum absolute atomic E-state index is 14.5. The smallest absolute Gasteiger partial charge is 0.409 e. The van der Waals surface area contributed by atoms with Crippen molar-refractivity contribution in [2.45, 2.75) is 89.0 Å². The number of carbonyl (C=O) groups excluding carboxylic acids is 10. The number of alkyl halides is 1. The number of ether oxygens (including phenoxy) is 1. The number of piperazine rings is 1. The molecule has 3 aliphatic rings. The Balaban J connectivity index is 0.883. The molecule has 0 radical (unpaired) electrons. The molecular weight excluding hydrogens is 1090 g/mol. The number of hydrogen-bond donors (Lipinski definition) is 7. The van der Waals surface area contributed by atoms with Crippen molar-refractivity contribution in [3.8, 4) is 5.75 Å². The first-order valence-electron chi connectivity index (χ1n) is 28.3. The molecule has 83 heavy (non-hydrogen) atoms. The Morgan fingerprint density at radius 3 is 2.04 bits per heavy atom. The molecule has 9 N–H and O–H groups in total. The van der Waals surface area contributed by atoms with Gasteiger partial charge in [0.1, 0.15) is 11.4 Å². The van der Waals surface area contributed by atoms with Crippen molar-refractivity contribution in [3.05, 3.63) is 107 Å². The van der Waals surface area contributed by atoms with Crippen LogP contribution in [0.15, 0.2) is 78.9 Å². The Hall–Kier alpha value is -8.37. The molecule has 2 fully saturated rings. The number of nitrogens with zero attached hydrogens (tertiary/aromatic N) is 4.